The van der Waals surface area contributed by atoms with Crippen molar-refractivity contribution in [3.05, 3.63) is 48.2 Å². The predicted octanol–water partition coefficient (Wildman–Crippen LogP) is 2.97. The van der Waals surface area contributed by atoms with Gasteiger partial charge in [-0.25, -0.2) is 9.78 Å². The van der Waals surface area contributed by atoms with Crippen molar-refractivity contribution in [1.29, 1.82) is 0 Å². The molecule has 0 saturated carbocycles. The lowest BCUT2D eigenvalue weighted by Gasteiger charge is -2.33. The Kier molecular flexibility index (Phi) is 6.24. The third-order valence-electron chi connectivity index (χ3n) is 5.58. The minimum absolute atomic E-state index is 0.450. The SMILES string of the molecule is COc1ccc2nccc(NC(=O)ON3CCN(CCc4ccc5nsnc5c4)CC3)c2n1. The molecule has 1 fully saturated rings. The van der Waals surface area contributed by atoms with Gasteiger partial charge in [0, 0.05) is 45.0 Å². The molecule has 1 N–H and O–H groups in total. The van der Waals surface area contributed by atoms with Gasteiger partial charge in [-0.05, 0) is 36.2 Å². The minimum atomic E-state index is -0.550. The summed E-state index contributed by atoms with van der Waals surface area (Å²) in [7, 11) is 1.54. The molecule has 1 amide bonds. The summed E-state index contributed by atoms with van der Waals surface area (Å²) in [5, 5.41) is 4.46. The summed E-state index contributed by atoms with van der Waals surface area (Å²) in [4.78, 5) is 29.0. The van der Waals surface area contributed by atoms with Crippen molar-refractivity contribution in [3.63, 3.8) is 0 Å². The zero-order valence-electron chi connectivity index (χ0n) is 18.1. The minimum Gasteiger partial charge on any atom is -0.481 e. The summed E-state index contributed by atoms with van der Waals surface area (Å²) < 4.78 is 13.7. The van der Waals surface area contributed by atoms with Gasteiger partial charge in [0.25, 0.3) is 0 Å². The van der Waals surface area contributed by atoms with Crippen LogP contribution in [0, 0.1) is 0 Å². The Bertz CT molecular complexity index is 1270. The third-order valence-corrected chi connectivity index (χ3v) is 6.14. The summed E-state index contributed by atoms with van der Waals surface area (Å²) in [5.74, 6) is 0.450. The number of aromatic nitrogens is 4. The predicted molar refractivity (Wildman–Crippen MR) is 125 cm³/mol. The van der Waals surface area contributed by atoms with Gasteiger partial charge in [0.05, 0.1) is 30.0 Å². The van der Waals surface area contributed by atoms with Crippen molar-refractivity contribution in [3.8, 4) is 5.88 Å². The highest BCUT2D eigenvalue weighted by molar-refractivity contribution is 7.00. The fraction of sp³-hybridized carbons (Fsp3) is 0.318. The molecule has 1 saturated heterocycles. The summed E-state index contributed by atoms with van der Waals surface area (Å²) in [6.45, 7) is 3.88. The van der Waals surface area contributed by atoms with Crippen molar-refractivity contribution in [2.75, 3.05) is 45.2 Å². The maximum Gasteiger partial charge on any atom is 0.430 e. The number of hydrogen-bond donors (Lipinski definition) is 1. The van der Waals surface area contributed by atoms with E-state index in [0.717, 1.165) is 37.1 Å². The van der Waals surface area contributed by atoms with E-state index >= 15 is 0 Å². The standard InChI is InChI=1S/C22H23N7O3S/c1-31-20-5-4-17-21(25-20)18(6-8-23-17)24-22(30)32-29-12-10-28(11-13-29)9-7-15-2-3-16-19(14-15)27-33-26-16/h2-6,8,14H,7,9-13H2,1H3,(H,23,24,30). The molecular weight excluding hydrogens is 442 g/mol. The van der Waals surface area contributed by atoms with E-state index in [2.05, 4.69) is 41.1 Å². The molecular formula is C22H23N7O3S. The zero-order chi connectivity index (χ0) is 22.6. The van der Waals surface area contributed by atoms with E-state index in [1.54, 1.807) is 36.6 Å². The number of rotatable bonds is 6. The molecule has 1 aliphatic rings. The highest BCUT2D eigenvalue weighted by atomic mass is 32.1. The average Bonchev–Trinajstić information content (AvgIpc) is 3.31. The average molecular weight is 466 g/mol. The Morgan fingerprint density at radius 3 is 2.73 bits per heavy atom. The molecule has 33 heavy (non-hydrogen) atoms. The van der Waals surface area contributed by atoms with Crippen molar-refractivity contribution >= 4 is 45.6 Å². The van der Waals surface area contributed by atoms with Gasteiger partial charge in [0.2, 0.25) is 5.88 Å². The van der Waals surface area contributed by atoms with Crippen molar-refractivity contribution in [1.82, 2.24) is 28.7 Å². The maximum atomic E-state index is 12.5. The number of ether oxygens (including phenoxy) is 1. The Balaban J connectivity index is 1.11. The summed E-state index contributed by atoms with van der Waals surface area (Å²) in [5.41, 5.74) is 4.88. The number of fused-ring (bicyclic) bond motifs is 2. The number of piperazine rings is 1. The molecule has 11 heteroatoms. The van der Waals surface area contributed by atoms with Crippen LogP contribution in [0.2, 0.25) is 0 Å². The van der Waals surface area contributed by atoms with E-state index in [4.69, 9.17) is 9.57 Å². The van der Waals surface area contributed by atoms with Gasteiger partial charge >= 0.3 is 6.09 Å². The number of benzene rings is 1. The zero-order valence-corrected chi connectivity index (χ0v) is 18.9. The number of hydrogen-bond acceptors (Lipinski definition) is 10. The van der Waals surface area contributed by atoms with Crippen LogP contribution in [0.15, 0.2) is 42.6 Å². The fourth-order valence-corrected chi connectivity index (χ4v) is 4.30. The molecule has 0 spiro atoms. The lowest BCUT2D eigenvalue weighted by atomic mass is 10.1. The second kappa shape index (κ2) is 9.61. The molecule has 3 aromatic heterocycles. The quantitative estimate of drug-likeness (QED) is 0.460. The first kappa shape index (κ1) is 21.4. The second-order valence-electron chi connectivity index (χ2n) is 7.69. The van der Waals surface area contributed by atoms with E-state index in [1.807, 2.05) is 6.07 Å². The van der Waals surface area contributed by atoms with Crippen LogP contribution in [-0.4, -0.2) is 74.6 Å². The normalized spacial score (nSPS) is 15.1. The first-order valence-electron chi connectivity index (χ1n) is 10.6. The number of nitrogens with zero attached hydrogens (tertiary/aromatic N) is 6. The van der Waals surface area contributed by atoms with Gasteiger partial charge in [0.15, 0.2) is 0 Å². The van der Waals surface area contributed by atoms with Crippen molar-refractivity contribution in [2.24, 2.45) is 0 Å². The highest BCUT2D eigenvalue weighted by Crippen LogP contribution is 2.22. The molecule has 1 aliphatic heterocycles. The van der Waals surface area contributed by atoms with E-state index in [0.29, 0.717) is 35.7 Å². The molecule has 170 valence electrons. The monoisotopic (exact) mass is 465 g/mol. The van der Waals surface area contributed by atoms with Gasteiger partial charge in [-0.2, -0.15) is 8.75 Å². The topological polar surface area (TPSA) is 106 Å². The molecule has 5 rings (SSSR count). The summed E-state index contributed by atoms with van der Waals surface area (Å²) in [6.07, 6.45) is 2.01. The Labute approximate surface area is 194 Å². The van der Waals surface area contributed by atoms with Crippen LogP contribution < -0.4 is 10.1 Å². The van der Waals surface area contributed by atoms with Gasteiger partial charge in [0.1, 0.15) is 16.6 Å². The first-order valence-corrected chi connectivity index (χ1v) is 11.4. The molecule has 0 unspecified atom stereocenters. The maximum absolute atomic E-state index is 12.5. The van der Waals surface area contributed by atoms with E-state index in [1.165, 1.54) is 17.3 Å². The Hall–Kier alpha value is -3.41. The number of carbonyl (C=O) groups is 1. The van der Waals surface area contributed by atoms with Crippen LogP contribution in [0.4, 0.5) is 10.5 Å². The lowest BCUT2D eigenvalue weighted by Crippen LogP contribution is -2.47. The van der Waals surface area contributed by atoms with E-state index < -0.39 is 6.09 Å². The molecule has 10 nitrogen and oxygen atoms in total. The highest BCUT2D eigenvalue weighted by Gasteiger charge is 2.20. The van der Waals surface area contributed by atoms with Gasteiger partial charge in [-0.1, -0.05) is 6.07 Å². The van der Waals surface area contributed by atoms with Crippen molar-refractivity contribution in [2.45, 2.75) is 6.42 Å². The smallest absolute Gasteiger partial charge is 0.430 e. The van der Waals surface area contributed by atoms with E-state index in [9.17, 15) is 4.79 Å². The Morgan fingerprint density at radius 2 is 1.88 bits per heavy atom. The largest absolute Gasteiger partial charge is 0.481 e. The molecule has 0 radical (unpaired) electrons. The van der Waals surface area contributed by atoms with Crippen LogP contribution in [0.25, 0.3) is 22.1 Å². The van der Waals surface area contributed by atoms with Crippen LogP contribution >= 0.6 is 11.7 Å². The molecule has 0 bridgehead atoms. The van der Waals surface area contributed by atoms with Gasteiger partial charge < -0.3 is 14.5 Å². The summed E-state index contributed by atoms with van der Waals surface area (Å²) in [6, 6.07) is 11.5. The van der Waals surface area contributed by atoms with Gasteiger partial charge in [-0.15, -0.1) is 5.06 Å². The number of pyridine rings is 2. The van der Waals surface area contributed by atoms with Crippen LogP contribution in [0.3, 0.4) is 0 Å². The number of carbonyl (C=O) groups excluding carboxylic acids is 1. The molecule has 0 atom stereocenters. The molecule has 0 aliphatic carbocycles. The number of amides is 1. The fourth-order valence-electron chi connectivity index (χ4n) is 3.79. The molecule has 4 aromatic rings. The van der Waals surface area contributed by atoms with Gasteiger partial charge in [-0.3, -0.25) is 10.3 Å². The number of methoxy groups -OCH3 is 1. The van der Waals surface area contributed by atoms with Crippen LogP contribution in [0.1, 0.15) is 5.56 Å². The molecule has 1 aromatic carbocycles. The second-order valence-corrected chi connectivity index (χ2v) is 8.22. The molecule has 4 heterocycles. The number of hydroxylamine groups is 2. The number of anilines is 1. The number of nitrogens with one attached hydrogen (secondary N) is 1. The van der Waals surface area contributed by atoms with E-state index in [-0.39, 0.29) is 0 Å². The lowest BCUT2D eigenvalue weighted by molar-refractivity contribution is -0.117. The Morgan fingerprint density at radius 1 is 1.06 bits per heavy atom. The third kappa shape index (κ3) is 5.00. The first-order chi connectivity index (χ1) is 16.2. The van der Waals surface area contributed by atoms with Crippen molar-refractivity contribution < 1.29 is 14.4 Å². The van der Waals surface area contributed by atoms with Crippen LogP contribution in [0.5, 0.6) is 5.88 Å². The van der Waals surface area contributed by atoms with Crippen LogP contribution in [-0.2, 0) is 11.3 Å². The summed E-state index contributed by atoms with van der Waals surface area (Å²) >= 11 is 1.24.